The van der Waals surface area contributed by atoms with Crippen molar-refractivity contribution in [3.8, 4) is 0 Å². The van der Waals surface area contributed by atoms with Crippen LogP contribution in [0.25, 0.3) is 0 Å². The molecular formula is C20H33IN4OS. The van der Waals surface area contributed by atoms with Crippen molar-refractivity contribution in [1.82, 2.24) is 15.5 Å². The van der Waals surface area contributed by atoms with Crippen molar-refractivity contribution in [2.24, 2.45) is 4.99 Å². The number of amides is 1. The Labute approximate surface area is 185 Å². The predicted octanol–water partition coefficient (Wildman–Crippen LogP) is 3.74. The van der Waals surface area contributed by atoms with Gasteiger partial charge in [0.1, 0.15) is 0 Å². The van der Waals surface area contributed by atoms with E-state index in [4.69, 9.17) is 0 Å². The number of carbonyl (C=O) groups excluding carboxylic acids is 1. The number of thioether (sulfide) groups is 1. The van der Waals surface area contributed by atoms with E-state index in [9.17, 15) is 4.79 Å². The summed E-state index contributed by atoms with van der Waals surface area (Å²) in [5, 5.41) is 7.02. The van der Waals surface area contributed by atoms with Gasteiger partial charge in [0.05, 0.1) is 0 Å². The Morgan fingerprint density at radius 2 is 2.04 bits per heavy atom. The molecule has 1 aliphatic heterocycles. The summed E-state index contributed by atoms with van der Waals surface area (Å²) in [7, 11) is 1.76. The zero-order valence-corrected chi connectivity index (χ0v) is 19.8. The van der Waals surface area contributed by atoms with Crippen molar-refractivity contribution >= 4 is 47.6 Å². The zero-order chi connectivity index (χ0) is 18.8. The van der Waals surface area contributed by atoms with Gasteiger partial charge in [0.25, 0.3) is 0 Å². The van der Waals surface area contributed by atoms with Crippen molar-refractivity contribution < 1.29 is 4.79 Å². The second-order valence-electron chi connectivity index (χ2n) is 6.80. The van der Waals surface area contributed by atoms with Crippen LogP contribution in [-0.4, -0.2) is 54.7 Å². The molecule has 0 bridgehead atoms. The Bertz CT molecular complexity index is 585. The molecule has 0 aliphatic carbocycles. The predicted molar refractivity (Wildman–Crippen MR) is 126 cm³/mol. The number of nitrogens with one attached hydrogen (secondary N) is 2. The highest BCUT2D eigenvalue weighted by Gasteiger charge is 2.22. The number of aliphatic imine (C=N–C) groups is 1. The van der Waals surface area contributed by atoms with Crippen molar-refractivity contribution in [3.05, 3.63) is 30.3 Å². The molecule has 0 aromatic heterocycles. The van der Waals surface area contributed by atoms with Gasteiger partial charge in [0.15, 0.2) is 5.96 Å². The first kappa shape index (κ1) is 24.1. The van der Waals surface area contributed by atoms with Crippen LogP contribution in [0.1, 0.15) is 39.5 Å². The molecule has 5 nitrogen and oxygen atoms in total. The molecule has 2 N–H and O–H groups in total. The highest BCUT2D eigenvalue weighted by atomic mass is 127. The lowest BCUT2D eigenvalue weighted by Crippen LogP contribution is -2.45. The summed E-state index contributed by atoms with van der Waals surface area (Å²) in [5.41, 5.74) is 0. The second-order valence-corrected chi connectivity index (χ2v) is 8.32. The van der Waals surface area contributed by atoms with Gasteiger partial charge in [-0.1, -0.05) is 25.1 Å². The van der Waals surface area contributed by atoms with E-state index >= 15 is 0 Å². The van der Waals surface area contributed by atoms with E-state index in [1.54, 1.807) is 7.05 Å². The minimum absolute atomic E-state index is 0. The molecule has 0 spiro atoms. The van der Waals surface area contributed by atoms with Crippen molar-refractivity contribution in [2.75, 3.05) is 26.7 Å². The number of likely N-dealkylation sites (tertiary alicyclic amines) is 1. The summed E-state index contributed by atoms with van der Waals surface area (Å²) in [6.07, 6.45) is 4.00. The molecule has 152 valence electrons. The summed E-state index contributed by atoms with van der Waals surface area (Å²) >= 11 is 1.84. The molecule has 1 fully saturated rings. The van der Waals surface area contributed by atoms with E-state index in [-0.39, 0.29) is 29.9 Å². The molecule has 0 saturated carbocycles. The average Bonchev–Trinajstić information content (AvgIpc) is 2.65. The highest BCUT2D eigenvalue weighted by Crippen LogP contribution is 2.21. The van der Waals surface area contributed by atoms with Gasteiger partial charge < -0.3 is 15.5 Å². The first-order valence-corrected chi connectivity index (χ1v) is 10.4. The summed E-state index contributed by atoms with van der Waals surface area (Å²) < 4.78 is 0. The Balaban J connectivity index is 0.00000364. The smallest absolute Gasteiger partial charge is 0.224 e. The maximum atomic E-state index is 12.4. The fraction of sp³-hybridized carbons (Fsp3) is 0.600. The largest absolute Gasteiger partial charge is 0.356 e. The topological polar surface area (TPSA) is 56.7 Å². The van der Waals surface area contributed by atoms with Crippen molar-refractivity contribution in [1.29, 1.82) is 0 Å². The third kappa shape index (κ3) is 8.72. The number of piperidine rings is 1. The molecule has 1 aliphatic rings. The second kappa shape index (κ2) is 13.3. The van der Waals surface area contributed by atoms with E-state index in [0.29, 0.717) is 24.3 Å². The van der Waals surface area contributed by atoms with Gasteiger partial charge in [0.2, 0.25) is 5.91 Å². The van der Waals surface area contributed by atoms with Gasteiger partial charge in [-0.25, -0.2) is 0 Å². The van der Waals surface area contributed by atoms with Crippen LogP contribution in [0.2, 0.25) is 0 Å². The van der Waals surface area contributed by atoms with Crippen LogP contribution in [-0.2, 0) is 4.79 Å². The van der Waals surface area contributed by atoms with Crippen LogP contribution in [0.4, 0.5) is 0 Å². The molecule has 2 unspecified atom stereocenters. The van der Waals surface area contributed by atoms with Crippen LogP contribution >= 0.6 is 35.7 Å². The Morgan fingerprint density at radius 1 is 1.30 bits per heavy atom. The number of hydrogen-bond acceptors (Lipinski definition) is 3. The molecule has 7 heteroatoms. The van der Waals surface area contributed by atoms with E-state index < -0.39 is 0 Å². The molecule has 1 aromatic carbocycles. The van der Waals surface area contributed by atoms with Crippen LogP contribution in [0, 0.1) is 0 Å². The Hall–Kier alpha value is -0.960. The average molecular weight is 504 g/mol. The molecular weight excluding hydrogens is 471 g/mol. The lowest BCUT2D eigenvalue weighted by atomic mass is 10.0. The molecule has 2 rings (SSSR count). The molecule has 1 saturated heterocycles. The third-order valence-corrected chi connectivity index (χ3v) is 5.73. The maximum Gasteiger partial charge on any atom is 0.224 e. The molecule has 0 radical (unpaired) electrons. The van der Waals surface area contributed by atoms with Gasteiger partial charge in [-0.15, -0.1) is 35.7 Å². The van der Waals surface area contributed by atoms with Gasteiger partial charge >= 0.3 is 0 Å². The number of nitrogens with zero attached hydrogens (tertiary/aromatic N) is 2. The van der Waals surface area contributed by atoms with Gasteiger partial charge in [-0.2, -0.15) is 0 Å². The molecule has 27 heavy (non-hydrogen) atoms. The number of guanidine groups is 1. The van der Waals surface area contributed by atoms with Gasteiger partial charge in [0, 0.05) is 49.3 Å². The molecule has 2 atom stereocenters. The summed E-state index contributed by atoms with van der Waals surface area (Å²) in [6.45, 7) is 6.68. The van der Waals surface area contributed by atoms with E-state index in [1.807, 2.05) is 22.7 Å². The molecule has 1 aromatic rings. The summed E-state index contributed by atoms with van der Waals surface area (Å²) in [4.78, 5) is 19.9. The van der Waals surface area contributed by atoms with Crippen LogP contribution < -0.4 is 10.6 Å². The number of halogens is 1. The number of benzene rings is 1. The number of rotatable bonds is 7. The minimum Gasteiger partial charge on any atom is -0.356 e. The summed E-state index contributed by atoms with van der Waals surface area (Å²) in [5.74, 6) is 0.998. The van der Waals surface area contributed by atoms with E-state index in [1.165, 1.54) is 11.3 Å². The normalized spacial score (nSPS) is 18.4. The SMILES string of the molecule is CN=C(NCCC(=O)N1CCCCC1C)NCC(C)Sc1ccccc1.I. The van der Waals surface area contributed by atoms with Gasteiger partial charge in [-0.05, 0) is 38.3 Å². The summed E-state index contributed by atoms with van der Waals surface area (Å²) in [6, 6.07) is 10.8. The molecule has 1 amide bonds. The van der Waals surface area contributed by atoms with Gasteiger partial charge in [-0.3, -0.25) is 9.79 Å². The van der Waals surface area contributed by atoms with Crippen molar-refractivity contribution in [3.63, 3.8) is 0 Å². The fourth-order valence-corrected chi connectivity index (χ4v) is 4.08. The van der Waals surface area contributed by atoms with Crippen LogP contribution in [0.15, 0.2) is 40.2 Å². The van der Waals surface area contributed by atoms with E-state index in [0.717, 1.165) is 31.9 Å². The standard InChI is InChI=1S/C20H32N4OS.HI/c1-16-9-7-8-14-24(16)19(25)12-13-22-20(21-3)23-15-17(2)26-18-10-5-4-6-11-18;/h4-6,10-11,16-17H,7-9,12-15H2,1-3H3,(H2,21,22,23);1H. The van der Waals surface area contributed by atoms with Crippen LogP contribution in [0.5, 0.6) is 0 Å². The maximum absolute atomic E-state index is 12.4. The highest BCUT2D eigenvalue weighted by molar-refractivity contribution is 14.0. The Morgan fingerprint density at radius 3 is 2.70 bits per heavy atom. The quantitative estimate of drug-likeness (QED) is 0.257. The monoisotopic (exact) mass is 504 g/mol. The minimum atomic E-state index is 0. The number of hydrogen-bond donors (Lipinski definition) is 2. The number of carbonyl (C=O) groups is 1. The van der Waals surface area contributed by atoms with E-state index in [2.05, 4.69) is 53.7 Å². The third-order valence-electron chi connectivity index (χ3n) is 4.62. The zero-order valence-electron chi connectivity index (χ0n) is 16.6. The fourth-order valence-electron chi connectivity index (χ4n) is 3.13. The Kier molecular flexibility index (Phi) is 11.8. The lowest BCUT2D eigenvalue weighted by molar-refractivity contribution is -0.134. The molecule has 1 heterocycles. The lowest BCUT2D eigenvalue weighted by Gasteiger charge is -2.33. The van der Waals surface area contributed by atoms with Crippen LogP contribution in [0.3, 0.4) is 0 Å². The van der Waals surface area contributed by atoms with Crippen molar-refractivity contribution in [2.45, 2.75) is 55.7 Å². The first-order chi connectivity index (χ1) is 12.6. The first-order valence-electron chi connectivity index (χ1n) is 9.56.